The second-order valence-corrected chi connectivity index (χ2v) is 19.3. The van der Waals surface area contributed by atoms with Crippen molar-refractivity contribution >= 4 is 41.9 Å². The molecule has 0 aliphatic carbocycles. The first kappa shape index (κ1) is 64.1. The Morgan fingerprint density at radius 2 is 0.586 bits per heavy atom. The molecule has 1 heterocycles. The van der Waals surface area contributed by atoms with Crippen LogP contribution in [0.1, 0.15) is 240 Å². The molecule has 0 spiro atoms. The molecule has 0 saturated carbocycles. The van der Waals surface area contributed by atoms with Crippen molar-refractivity contribution in [1.82, 2.24) is 4.90 Å². The largest absolute Gasteiger partial charge is 0.466 e. The molecular weight excluding hydrogens is 899 g/mol. The van der Waals surface area contributed by atoms with Crippen LogP contribution in [0, 0.1) is 11.8 Å². The fourth-order valence-electron chi connectivity index (χ4n) is 8.64. The zero-order chi connectivity index (χ0) is 51.5. The number of rotatable bonds is 45. The van der Waals surface area contributed by atoms with Gasteiger partial charge in [0.2, 0.25) is 0 Å². The molecule has 15 nitrogen and oxygen atoms in total. The maximum absolute atomic E-state index is 13.3. The van der Waals surface area contributed by atoms with Gasteiger partial charge in [0.15, 0.2) is 0 Å². The number of hydrogen-bond acceptors (Lipinski definition) is 14. The maximum Gasteiger partial charge on any atom is 0.410 e. The molecule has 406 valence electrons. The fraction of sp³-hybridized carbons (Fsp3) is 0.873. The van der Waals surface area contributed by atoms with Crippen molar-refractivity contribution in [2.24, 2.45) is 11.8 Å². The number of carbonyl (C=O) groups excluding carboxylic acids is 7. The van der Waals surface area contributed by atoms with Crippen molar-refractivity contribution in [3.05, 3.63) is 0 Å². The minimum Gasteiger partial charge on any atom is -0.466 e. The summed E-state index contributed by atoms with van der Waals surface area (Å²) in [5.74, 6) is -4.65. The Morgan fingerprint density at radius 1 is 0.343 bits per heavy atom. The van der Waals surface area contributed by atoms with Crippen LogP contribution in [0.2, 0.25) is 0 Å². The van der Waals surface area contributed by atoms with Crippen LogP contribution in [0.25, 0.3) is 0 Å². The average Bonchev–Trinajstić information content (AvgIpc) is 3.74. The van der Waals surface area contributed by atoms with Gasteiger partial charge in [-0.3, -0.25) is 33.7 Å². The van der Waals surface area contributed by atoms with Gasteiger partial charge < -0.3 is 33.2 Å². The van der Waals surface area contributed by atoms with Gasteiger partial charge in [-0.15, -0.1) is 0 Å². The van der Waals surface area contributed by atoms with Crippen LogP contribution < -0.4 is 0 Å². The minimum atomic E-state index is -0.702. The van der Waals surface area contributed by atoms with Crippen LogP contribution in [0.4, 0.5) is 4.79 Å². The van der Waals surface area contributed by atoms with Crippen LogP contribution in [-0.4, -0.2) is 105 Å². The highest BCUT2D eigenvalue weighted by Crippen LogP contribution is 2.27. The molecule has 0 N–H and O–H groups in total. The molecule has 1 fully saturated rings. The van der Waals surface area contributed by atoms with Crippen LogP contribution in [0.5, 0.6) is 0 Å². The zero-order valence-corrected chi connectivity index (χ0v) is 44.5. The lowest BCUT2D eigenvalue weighted by molar-refractivity contribution is -0.153. The Kier molecular flexibility index (Phi) is 40.2. The van der Waals surface area contributed by atoms with E-state index in [4.69, 9.17) is 33.2 Å². The number of esters is 6. The Balaban J connectivity index is 2.90. The second kappa shape index (κ2) is 43.8. The van der Waals surface area contributed by atoms with Crippen molar-refractivity contribution in [2.45, 2.75) is 252 Å². The summed E-state index contributed by atoms with van der Waals surface area (Å²) in [6, 6.07) is -1.18. The summed E-state index contributed by atoms with van der Waals surface area (Å²) in [4.78, 5) is 93.0. The van der Waals surface area contributed by atoms with Gasteiger partial charge in [-0.05, 0) is 57.3 Å². The molecule has 0 bridgehead atoms. The first-order valence-electron chi connectivity index (χ1n) is 27.9. The predicted octanol–water partition coefficient (Wildman–Crippen LogP) is 12.3. The maximum atomic E-state index is 13.3. The molecular formula is C55H97NO14. The Labute approximate surface area is 422 Å². The van der Waals surface area contributed by atoms with Crippen LogP contribution >= 0.6 is 0 Å². The van der Waals surface area contributed by atoms with E-state index in [0.29, 0.717) is 12.8 Å². The molecule has 1 aliphatic heterocycles. The van der Waals surface area contributed by atoms with Crippen molar-refractivity contribution < 1.29 is 66.7 Å². The lowest BCUT2D eigenvalue weighted by Gasteiger charge is -2.29. The summed E-state index contributed by atoms with van der Waals surface area (Å²) < 4.78 is 38.7. The Hall–Kier alpha value is -3.91. The molecule has 1 amide bonds. The number of amides is 1. The van der Waals surface area contributed by atoms with Crippen molar-refractivity contribution in [3.63, 3.8) is 0 Å². The number of ether oxygens (including phenoxy) is 7. The molecule has 0 aromatic carbocycles. The Bertz CT molecular complexity index is 1250. The third-order valence-electron chi connectivity index (χ3n) is 12.7. The molecule has 1 saturated heterocycles. The summed E-state index contributed by atoms with van der Waals surface area (Å²) in [5.41, 5.74) is 0. The molecule has 70 heavy (non-hydrogen) atoms. The summed E-state index contributed by atoms with van der Waals surface area (Å²) >= 11 is 0. The van der Waals surface area contributed by atoms with E-state index < -0.39 is 65.8 Å². The number of hydrogen-bond donors (Lipinski definition) is 0. The molecule has 1 rings (SSSR count). The van der Waals surface area contributed by atoms with E-state index in [1.807, 2.05) is 0 Å². The van der Waals surface area contributed by atoms with Crippen LogP contribution in [-0.2, 0) is 61.9 Å². The van der Waals surface area contributed by atoms with Gasteiger partial charge in [0.05, 0.1) is 45.1 Å². The monoisotopic (exact) mass is 996 g/mol. The van der Waals surface area contributed by atoms with Gasteiger partial charge in [-0.2, -0.15) is 0 Å². The zero-order valence-electron chi connectivity index (χ0n) is 44.5. The smallest absolute Gasteiger partial charge is 0.410 e. The summed E-state index contributed by atoms with van der Waals surface area (Å²) in [6.45, 7) is 11.1. The topological polar surface area (TPSA) is 187 Å². The first-order chi connectivity index (χ1) is 34.0. The van der Waals surface area contributed by atoms with E-state index in [-0.39, 0.29) is 84.8 Å². The van der Waals surface area contributed by atoms with Crippen molar-refractivity contribution in [1.29, 1.82) is 0 Å². The highest BCUT2D eigenvalue weighted by molar-refractivity contribution is 5.77. The van der Waals surface area contributed by atoms with E-state index in [0.717, 1.165) is 128 Å². The third kappa shape index (κ3) is 34.4. The van der Waals surface area contributed by atoms with Gasteiger partial charge in [0, 0.05) is 38.5 Å². The summed E-state index contributed by atoms with van der Waals surface area (Å²) in [5, 5.41) is 0. The number of unbranched alkanes of at least 4 members (excludes halogenated alkanes) is 20. The van der Waals surface area contributed by atoms with Gasteiger partial charge in [-0.1, -0.05) is 156 Å². The fourth-order valence-corrected chi connectivity index (χ4v) is 8.64. The van der Waals surface area contributed by atoms with Crippen molar-refractivity contribution in [2.75, 3.05) is 46.2 Å². The first-order valence-corrected chi connectivity index (χ1v) is 27.9. The van der Waals surface area contributed by atoms with E-state index in [9.17, 15) is 33.6 Å². The van der Waals surface area contributed by atoms with E-state index in [1.54, 1.807) is 6.92 Å². The SMILES string of the molecule is CCCCCCCCOC(=O)CC(CC(=O)OCCCCCCCC)CC(=O)OC[C@H]1CC[C@@H](COC(=O)CC(CC(=O)OCCCCCCCC)CC(=O)OCCCCCCCC)N1C(=O)OCC. The van der Waals surface area contributed by atoms with E-state index >= 15 is 0 Å². The molecule has 15 heteroatoms. The molecule has 1 aliphatic rings. The van der Waals surface area contributed by atoms with Crippen LogP contribution in [0.15, 0.2) is 0 Å². The number of carbonyl (C=O) groups is 7. The normalized spacial score (nSPS) is 14.4. The average molecular weight is 996 g/mol. The van der Waals surface area contributed by atoms with Gasteiger partial charge in [-0.25, -0.2) is 4.79 Å². The van der Waals surface area contributed by atoms with E-state index in [1.165, 1.54) is 30.6 Å². The highest BCUT2D eigenvalue weighted by atomic mass is 16.6. The Morgan fingerprint density at radius 3 is 0.843 bits per heavy atom. The quantitative estimate of drug-likeness (QED) is 0.0318. The predicted molar refractivity (Wildman–Crippen MR) is 270 cm³/mol. The van der Waals surface area contributed by atoms with Crippen molar-refractivity contribution in [3.8, 4) is 0 Å². The lowest BCUT2D eigenvalue weighted by Crippen LogP contribution is -2.46. The van der Waals surface area contributed by atoms with Crippen LogP contribution in [0.3, 0.4) is 0 Å². The number of likely N-dealkylation sites (tertiary alicyclic amines) is 1. The van der Waals surface area contributed by atoms with Gasteiger partial charge >= 0.3 is 41.9 Å². The molecule has 0 unspecified atom stereocenters. The minimum absolute atomic E-state index is 0.0888. The summed E-state index contributed by atoms with van der Waals surface area (Å²) in [6.07, 6.45) is 24.1. The summed E-state index contributed by atoms with van der Waals surface area (Å²) in [7, 11) is 0. The molecule has 0 aromatic rings. The highest BCUT2D eigenvalue weighted by Gasteiger charge is 2.40. The van der Waals surface area contributed by atoms with E-state index in [2.05, 4.69) is 27.7 Å². The molecule has 2 atom stereocenters. The molecule has 0 aromatic heterocycles. The lowest BCUT2D eigenvalue weighted by atomic mass is 9.97. The standard InChI is InChI=1S/C55H97NO14/c1-6-11-15-19-23-27-33-65-49(57)37-45(38-50(58)66-34-28-24-20-16-12-7-2)41-53(61)69-43-47-31-32-48(56(47)55(63)64-10-5)44-70-54(62)42-46(39-51(59)67-35-29-25-21-17-13-8-3)40-52(60)68-36-30-26-22-18-14-9-4/h45-48H,6-44H2,1-5H3/t47-,48+. The third-order valence-corrected chi connectivity index (χ3v) is 12.7. The molecule has 0 radical (unpaired) electrons. The number of nitrogens with zero attached hydrogens (tertiary/aromatic N) is 1. The van der Waals surface area contributed by atoms with Gasteiger partial charge in [0.1, 0.15) is 13.2 Å². The van der Waals surface area contributed by atoms with Gasteiger partial charge in [0.25, 0.3) is 0 Å². The second-order valence-electron chi connectivity index (χ2n) is 19.3.